The minimum absolute atomic E-state index is 0.0434. The van der Waals surface area contributed by atoms with Crippen LogP contribution >= 0.6 is 27.5 Å². The van der Waals surface area contributed by atoms with Crippen LogP contribution in [-0.2, 0) is 10.0 Å². The van der Waals surface area contributed by atoms with Crippen molar-refractivity contribution in [2.24, 2.45) is 0 Å². The van der Waals surface area contributed by atoms with E-state index in [9.17, 15) is 13.2 Å². The number of carbonyl (C=O) groups is 1. The third-order valence-corrected chi connectivity index (χ3v) is 5.13. The lowest BCUT2D eigenvalue weighted by atomic mass is 10.2. The van der Waals surface area contributed by atoms with E-state index in [1.165, 1.54) is 24.3 Å². The number of carboxylic acids is 1. The number of hydrogen-bond acceptors (Lipinski definition) is 3. The van der Waals surface area contributed by atoms with Gasteiger partial charge < -0.3 is 5.11 Å². The van der Waals surface area contributed by atoms with Gasteiger partial charge in [0, 0.05) is 9.50 Å². The number of sulfonamides is 1. The van der Waals surface area contributed by atoms with E-state index in [1.54, 1.807) is 18.2 Å². The molecule has 110 valence electrons. The predicted octanol–water partition coefficient (Wildman–Crippen LogP) is 3.60. The highest BCUT2D eigenvalue weighted by atomic mass is 79.9. The van der Waals surface area contributed by atoms with E-state index in [4.69, 9.17) is 16.7 Å². The molecule has 0 bridgehead atoms. The van der Waals surface area contributed by atoms with E-state index in [1.807, 2.05) is 0 Å². The van der Waals surface area contributed by atoms with Crippen LogP contribution in [0, 0.1) is 0 Å². The zero-order valence-electron chi connectivity index (χ0n) is 10.4. The van der Waals surface area contributed by atoms with Gasteiger partial charge >= 0.3 is 5.97 Å². The van der Waals surface area contributed by atoms with E-state index in [2.05, 4.69) is 20.7 Å². The molecule has 0 unspecified atom stereocenters. The summed E-state index contributed by atoms with van der Waals surface area (Å²) in [5, 5.41) is 9.07. The van der Waals surface area contributed by atoms with Crippen LogP contribution < -0.4 is 4.72 Å². The first kappa shape index (κ1) is 15.8. The highest BCUT2D eigenvalue weighted by Crippen LogP contribution is 2.26. The normalized spacial score (nSPS) is 11.1. The summed E-state index contributed by atoms with van der Waals surface area (Å²) in [6.07, 6.45) is 0. The second kappa shape index (κ2) is 6.05. The van der Waals surface area contributed by atoms with Gasteiger partial charge in [-0.05, 0) is 46.3 Å². The number of benzene rings is 2. The number of anilines is 1. The summed E-state index contributed by atoms with van der Waals surface area (Å²) >= 11 is 8.95. The molecule has 0 saturated carbocycles. The second-order valence-electron chi connectivity index (χ2n) is 4.07. The van der Waals surface area contributed by atoms with Gasteiger partial charge in [0.15, 0.2) is 0 Å². The number of aromatic carboxylic acids is 1. The molecule has 0 saturated heterocycles. The average Bonchev–Trinajstić information content (AvgIpc) is 2.37. The third-order valence-electron chi connectivity index (χ3n) is 2.52. The molecule has 8 heteroatoms. The molecule has 2 N–H and O–H groups in total. The highest BCUT2D eigenvalue weighted by Gasteiger charge is 2.18. The molecule has 0 fully saturated rings. The predicted molar refractivity (Wildman–Crippen MR) is 83.4 cm³/mol. The van der Waals surface area contributed by atoms with Crippen molar-refractivity contribution in [2.75, 3.05) is 4.72 Å². The molecule has 5 nitrogen and oxygen atoms in total. The summed E-state index contributed by atoms with van der Waals surface area (Å²) in [6, 6.07) is 10.1. The fourth-order valence-electron chi connectivity index (χ4n) is 1.64. The van der Waals surface area contributed by atoms with Crippen LogP contribution in [-0.4, -0.2) is 19.5 Å². The molecule has 0 atom stereocenters. The van der Waals surface area contributed by atoms with Crippen molar-refractivity contribution in [2.45, 2.75) is 4.90 Å². The van der Waals surface area contributed by atoms with Gasteiger partial charge in [-0.2, -0.15) is 0 Å². The third kappa shape index (κ3) is 3.75. The lowest BCUT2D eigenvalue weighted by Crippen LogP contribution is -2.14. The SMILES string of the molecule is O=C(O)c1cc(Cl)cc(NS(=O)(=O)c2ccccc2Br)c1. The van der Waals surface area contributed by atoms with Gasteiger partial charge in [-0.15, -0.1) is 0 Å². The molecule has 0 aromatic heterocycles. The van der Waals surface area contributed by atoms with Gasteiger partial charge in [-0.25, -0.2) is 13.2 Å². The number of hydrogen-bond donors (Lipinski definition) is 2. The van der Waals surface area contributed by atoms with E-state index in [0.717, 1.165) is 0 Å². The largest absolute Gasteiger partial charge is 0.478 e. The van der Waals surface area contributed by atoms with Gasteiger partial charge in [0.1, 0.15) is 4.90 Å². The van der Waals surface area contributed by atoms with E-state index in [0.29, 0.717) is 4.47 Å². The Bertz CT molecular complexity index is 808. The first-order valence-corrected chi connectivity index (χ1v) is 8.26. The number of nitrogens with one attached hydrogen (secondary N) is 1. The summed E-state index contributed by atoms with van der Waals surface area (Å²) in [6.45, 7) is 0. The van der Waals surface area contributed by atoms with Crippen molar-refractivity contribution < 1.29 is 18.3 Å². The molecule has 0 spiro atoms. The van der Waals surface area contributed by atoms with Gasteiger partial charge in [0.05, 0.1) is 11.3 Å². The summed E-state index contributed by atoms with van der Waals surface area (Å²) in [5.74, 6) is -1.20. The number of rotatable bonds is 4. The van der Waals surface area contributed by atoms with Crippen molar-refractivity contribution in [1.29, 1.82) is 0 Å². The molecule has 0 radical (unpaired) electrons. The quantitative estimate of drug-likeness (QED) is 0.835. The van der Waals surface area contributed by atoms with Crippen LogP contribution in [0.15, 0.2) is 51.8 Å². The molecule has 2 aromatic rings. The standard InChI is InChI=1S/C13H9BrClNO4S/c14-11-3-1-2-4-12(11)21(19,20)16-10-6-8(13(17)18)5-9(15)7-10/h1-7,16H,(H,17,18). The zero-order valence-corrected chi connectivity index (χ0v) is 13.5. The monoisotopic (exact) mass is 389 g/mol. The van der Waals surface area contributed by atoms with Gasteiger partial charge in [-0.3, -0.25) is 4.72 Å². The summed E-state index contributed by atoms with van der Waals surface area (Å²) in [7, 11) is -3.85. The molecule has 21 heavy (non-hydrogen) atoms. The Morgan fingerprint density at radius 1 is 1.19 bits per heavy atom. The Morgan fingerprint density at radius 2 is 1.86 bits per heavy atom. The van der Waals surface area contributed by atoms with E-state index >= 15 is 0 Å². The average molecular weight is 391 g/mol. The van der Waals surface area contributed by atoms with Crippen LogP contribution in [0.25, 0.3) is 0 Å². The maximum absolute atomic E-state index is 12.3. The summed E-state index contributed by atoms with van der Waals surface area (Å²) in [5.41, 5.74) is -0.0250. The van der Waals surface area contributed by atoms with Crippen LogP contribution in [0.2, 0.25) is 5.02 Å². The van der Waals surface area contributed by atoms with Gasteiger partial charge in [-0.1, -0.05) is 23.7 Å². The molecule has 2 aromatic carbocycles. The van der Waals surface area contributed by atoms with Gasteiger partial charge in [0.2, 0.25) is 0 Å². The molecular formula is C13H9BrClNO4S. The topological polar surface area (TPSA) is 83.5 Å². The Labute approximate surface area is 134 Å². The van der Waals surface area contributed by atoms with Crippen molar-refractivity contribution >= 4 is 49.2 Å². The first-order valence-electron chi connectivity index (χ1n) is 5.61. The summed E-state index contributed by atoms with van der Waals surface area (Å²) < 4.78 is 27.3. The molecule has 0 heterocycles. The van der Waals surface area contributed by atoms with Crippen LogP contribution in [0.5, 0.6) is 0 Å². The Hall–Kier alpha value is -1.57. The fraction of sp³-hybridized carbons (Fsp3) is 0. The molecule has 0 aliphatic heterocycles. The van der Waals surface area contributed by atoms with Crippen molar-refractivity contribution in [3.63, 3.8) is 0 Å². The first-order chi connectivity index (χ1) is 9.79. The van der Waals surface area contributed by atoms with Crippen molar-refractivity contribution in [3.8, 4) is 0 Å². The molecule has 2 rings (SSSR count). The van der Waals surface area contributed by atoms with Crippen LogP contribution in [0.1, 0.15) is 10.4 Å². The van der Waals surface area contributed by atoms with Crippen LogP contribution in [0.3, 0.4) is 0 Å². The fourth-order valence-corrected chi connectivity index (χ4v) is 3.92. The maximum Gasteiger partial charge on any atom is 0.335 e. The Kier molecular flexibility index (Phi) is 4.55. The molecular weight excluding hydrogens is 382 g/mol. The number of halogens is 2. The van der Waals surface area contributed by atoms with E-state index in [-0.39, 0.29) is 21.2 Å². The van der Waals surface area contributed by atoms with Crippen LogP contribution in [0.4, 0.5) is 5.69 Å². The molecule has 0 amide bonds. The second-order valence-corrected chi connectivity index (χ2v) is 7.01. The Balaban J connectivity index is 2.42. The summed E-state index contributed by atoms with van der Waals surface area (Å²) in [4.78, 5) is 11.0. The lowest BCUT2D eigenvalue weighted by molar-refractivity contribution is 0.0697. The van der Waals surface area contributed by atoms with Crippen molar-refractivity contribution in [1.82, 2.24) is 0 Å². The van der Waals surface area contributed by atoms with E-state index < -0.39 is 16.0 Å². The zero-order chi connectivity index (χ0) is 15.6. The molecule has 0 aliphatic carbocycles. The Morgan fingerprint density at radius 3 is 2.48 bits per heavy atom. The van der Waals surface area contributed by atoms with Gasteiger partial charge in [0.25, 0.3) is 10.0 Å². The highest BCUT2D eigenvalue weighted by molar-refractivity contribution is 9.10. The van der Waals surface area contributed by atoms with Crippen molar-refractivity contribution in [3.05, 3.63) is 57.5 Å². The lowest BCUT2D eigenvalue weighted by Gasteiger charge is -2.10. The minimum Gasteiger partial charge on any atom is -0.478 e. The number of carboxylic acid groups (broad SMARTS) is 1. The molecule has 0 aliphatic rings. The maximum atomic E-state index is 12.3. The smallest absolute Gasteiger partial charge is 0.335 e. The minimum atomic E-state index is -3.85.